The zero-order chi connectivity index (χ0) is 16.5. The van der Waals surface area contributed by atoms with Crippen LogP contribution in [0.5, 0.6) is 0 Å². The van der Waals surface area contributed by atoms with Crippen LogP contribution in [0.25, 0.3) is 0 Å². The molecule has 1 rings (SSSR count). The summed E-state index contributed by atoms with van der Waals surface area (Å²) in [6.07, 6.45) is -1.01. The molecule has 21 heavy (non-hydrogen) atoms. The van der Waals surface area contributed by atoms with Crippen LogP contribution in [0.15, 0.2) is 0 Å². The molecule has 0 bridgehead atoms. The molecule has 0 aromatic carbocycles. The highest BCUT2D eigenvalue weighted by atomic mass is 28.4. The predicted octanol–water partition coefficient (Wildman–Crippen LogP) is 2.55. The standard InChI is InChI=1S/C14H27NO5Si/c1-7-19-11(16)14(8-15(9-14)12(17)18)10-20-21(5,6)13(2,3)4/h7-10H2,1-6H3,(H,17,18). The Morgan fingerprint density at radius 1 is 1.29 bits per heavy atom. The zero-order valence-corrected chi connectivity index (χ0v) is 14.9. The van der Waals surface area contributed by atoms with Gasteiger partial charge in [-0.15, -0.1) is 0 Å². The lowest BCUT2D eigenvalue weighted by Gasteiger charge is -2.48. The smallest absolute Gasteiger partial charge is 0.407 e. The first kappa shape index (κ1) is 18.0. The van der Waals surface area contributed by atoms with Crippen molar-refractivity contribution >= 4 is 20.4 Å². The number of hydrogen-bond donors (Lipinski definition) is 1. The van der Waals surface area contributed by atoms with Crippen molar-refractivity contribution in [2.45, 2.75) is 45.8 Å². The molecular weight excluding hydrogens is 290 g/mol. The van der Waals surface area contributed by atoms with Crippen LogP contribution in [0.2, 0.25) is 18.1 Å². The molecule has 0 spiro atoms. The highest BCUT2D eigenvalue weighted by Gasteiger charge is 2.54. The van der Waals surface area contributed by atoms with Crippen LogP contribution in [0.3, 0.4) is 0 Å². The van der Waals surface area contributed by atoms with E-state index in [-0.39, 0.29) is 37.3 Å². The average Bonchev–Trinajstić information content (AvgIpc) is 2.25. The average molecular weight is 317 g/mol. The number of rotatable bonds is 5. The van der Waals surface area contributed by atoms with E-state index < -0.39 is 19.8 Å². The van der Waals surface area contributed by atoms with Gasteiger partial charge in [0.15, 0.2) is 8.32 Å². The van der Waals surface area contributed by atoms with E-state index >= 15 is 0 Å². The number of nitrogens with zero attached hydrogens (tertiary/aromatic N) is 1. The molecule has 0 aliphatic carbocycles. The quantitative estimate of drug-likeness (QED) is 0.623. The minimum Gasteiger partial charge on any atom is -0.465 e. The van der Waals surface area contributed by atoms with E-state index in [1.54, 1.807) is 6.92 Å². The second-order valence-electron chi connectivity index (χ2n) is 7.19. The van der Waals surface area contributed by atoms with Crippen LogP contribution >= 0.6 is 0 Å². The largest absolute Gasteiger partial charge is 0.465 e. The topological polar surface area (TPSA) is 76.1 Å². The summed E-state index contributed by atoms with van der Waals surface area (Å²) in [5, 5.41) is 9.02. The summed E-state index contributed by atoms with van der Waals surface area (Å²) in [5.41, 5.74) is -0.843. The summed E-state index contributed by atoms with van der Waals surface area (Å²) in [6.45, 7) is 13.2. The normalized spacial score (nSPS) is 18.1. The third-order valence-corrected chi connectivity index (χ3v) is 8.96. The predicted molar refractivity (Wildman–Crippen MR) is 81.8 cm³/mol. The number of amides is 1. The minimum absolute atomic E-state index is 0.0408. The Balaban J connectivity index is 2.77. The van der Waals surface area contributed by atoms with Crippen molar-refractivity contribution < 1.29 is 23.9 Å². The molecule has 0 atom stereocenters. The van der Waals surface area contributed by atoms with E-state index in [9.17, 15) is 9.59 Å². The molecule has 0 radical (unpaired) electrons. The molecule has 1 amide bonds. The maximum atomic E-state index is 12.2. The third kappa shape index (κ3) is 3.77. The van der Waals surface area contributed by atoms with E-state index in [4.69, 9.17) is 14.3 Å². The Morgan fingerprint density at radius 2 is 1.81 bits per heavy atom. The van der Waals surface area contributed by atoms with Crippen LogP contribution in [0, 0.1) is 5.41 Å². The van der Waals surface area contributed by atoms with Crippen molar-refractivity contribution in [1.29, 1.82) is 0 Å². The third-order valence-electron chi connectivity index (χ3n) is 4.48. The van der Waals surface area contributed by atoms with Gasteiger partial charge >= 0.3 is 12.1 Å². The van der Waals surface area contributed by atoms with Gasteiger partial charge in [-0.3, -0.25) is 4.79 Å². The van der Waals surface area contributed by atoms with Crippen LogP contribution in [0.4, 0.5) is 4.79 Å². The van der Waals surface area contributed by atoms with Gasteiger partial charge in [0.25, 0.3) is 0 Å². The lowest BCUT2D eigenvalue weighted by molar-refractivity contribution is -0.168. The Morgan fingerprint density at radius 3 is 2.19 bits per heavy atom. The molecule has 122 valence electrons. The fourth-order valence-corrected chi connectivity index (χ4v) is 2.99. The second kappa shape index (κ2) is 5.96. The number of carbonyl (C=O) groups is 2. The molecule has 1 fully saturated rings. The molecule has 1 N–H and O–H groups in total. The summed E-state index contributed by atoms with van der Waals surface area (Å²) < 4.78 is 11.2. The summed E-state index contributed by atoms with van der Waals surface area (Å²) in [5.74, 6) is -0.360. The zero-order valence-electron chi connectivity index (χ0n) is 13.9. The van der Waals surface area contributed by atoms with Gasteiger partial charge in [0, 0.05) is 13.1 Å². The molecule has 1 aliphatic rings. The van der Waals surface area contributed by atoms with Gasteiger partial charge in [-0.2, -0.15) is 0 Å². The fraction of sp³-hybridized carbons (Fsp3) is 0.857. The molecule has 1 aliphatic heterocycles. The maximum Gasteiger partial charge on any atom is 0.407 e. The van der Waals surface area contributed by atoms with Crippen molar-refractivity contribution in [2.24, 2.45) is 5.41 Å². The molecule has 0 unspecified atom stereocenters. The second-order valence-corrected chi connectivity index (χ2v) is 12.0. The van der Waals surface area contributed by atoms with Crippen molar-refractivity contribution in [3.63, 3.8) is 0 Å². The summed E-state index contributed by atoms with van der Waals surface area (Å²) in [4.78, 5) is 24.3. The Bertz CT molecular complexity index is 410. The maximum absolute atomic E-state index is 12.2. The monoisotopic (exact) mass is 317 g/mol. The number of hydrogen-bond acceptors (Lipinski definition) is 4. The highest BCUT2D eigenvalue weighted by Crippen LogP contribution is 2.40. The molecule has 6 nitrogen and oxygen atoms in total. The Labute approximate surface area is 127 Å². The summed E-state index contributed by atoms with van der Waals surface area (Å²) in [6, 6.07) is 0. The summed E-state index contributed by atoms with van der Waals surface area (Å²) in [7, 11) is -1.99. The lowest BCUT2D eigenvalue weighted by atomic mass is 9.81. The van der Waals surface area contributed by atoms with Gasteiger partial charge in [-0.05, 0) is 25.1 Å². The van der Waals surface area contributed by atoms with Crippen molar-refractivity contribution in [2.75, 3.05) is 26.3 Å². The number of esters is 1. The van der Waals surface area contributed by atoms with E-state index in [1.807, 2.05) is 0 Å². The van der Waals surface area contributed by atoms with Gasteiger partial charge < -0.3 is 19.2 Å². The molecule has 0 aromatic heterocycles. The van der Waals surface area contributed by atoms with E-state index in [2.05, 4.69) is 33.9 Å². The Hall–Kier alpha value is -1.08. The number of carbonyl (C=O) groups excluding carboxylic acids is 1. The first-order chi connectivity index (χ1) is 9.45. The van der Waals surface area contributed by atoms with Gasteiger partial charge in [0.2, 0.25) is 0 Å². The SMILES string of the molecule is CCOC(=O)C1(CO[Si](C)(C)C(C)(C)C)CN(C(=O)O)C1. The van der Waals surface area contributed by atoms with Crippen LogP contribution in [-0.2, 0) is 14.0 Å². The molecular formula is C14H27NO5Si. The van der Waals surface area contributed by atoms with Crippen LogP contribution in [0.1, 0.15) is 27.7 Å². The van der Waals surface area contributed by atoms with Gasteiger partial charge in [0.05, 0.1) is 13.2 Å². The fourth-order valence-electron chi connectivity index (χ4n) is 1.92. The molecule has 1 saturated heterocycles. The number of carboxylic acid groups (broad SMARTS) is 1. The van der Waals surface area contributed by atoms with Gasteiger partial charge in [-0.1, -0.05) is 20.8 Å². The minimum atomic E-state index is -1.99. The van der Waals surface area contributed by atoms with Crippen molar-refractivity contribution in [3.05, 3.63) is 0 Å². The first-order valence-electron chi connectivity index (χ1n) is 7.24. The number of likely N-dealkylation sites (tertiary alicyclic amines) is 1. The van der Waals surface area contributed by atoms with E-state index in [0.717, 1.165) is 0 Å². The van der Waals surface area contributed by atoms with Crippen LogP contribution in [-0.4, -0.2) is 56.7 Å². The van der Waals surface area contributed by atoms with E-state index in [1.165, 1.54) is 4.90 Å². The van der Waals surface area contributed by atoms with E-state index in [0.29, 0.717) is 0 Å². The summed E-state index contributed by atoms with van der Waals surface area (Å²) >= 11 is 0. The van der Waals surface area contributed by atoms with Crippen LogP contribution < -0.4 is 0 Å². The van der Waals surface area contributed by atoms with Crippen molar-refractivity contribution in [1.82, 2.24) is 4.90 Å². The van der Waals surface area contributed by atoms with Crippen molar-refractivity contribution in [3.8, 4) is 0 Å². The molecule has 0 aromatic rings. The van der Waals surface area contributed by atoms with Gasteiger partial charge in [0.1, 0.15) is 5.41 Å². The molecule has 1 heterocycles. The number of ether oxygens (including phenoxy) is 1. The first-order valence-corrected chi connectivity index (χ1v) is 10.1. The lowest BCUT2D eigenvalue weighted by Crippen LogP contribution is -2.65. The molecule has 7 heteroatoms. The Kier molecular flexibility index (Phi) is 5.10. The molecule has 0 saturated carbocycles. The highest BCUT2D eigenvalue weighted by molar-refractivity contribution is 6.74. The van der Waals surface area contributed by atoms with Gasteiger partial charge in [-0.25, -0.2) is 4.79 Å².